The summed E-state index contributed by atoms with van der Waals surface area (Å²) in [6.07, 6.45) is 1.96. The van der Waals surface area contributed by atoms with E-state index in [1.54, 1.807) is 6.07 Å². The molecule has 0 radical (unpaired) electrons. The van der Waals surface area contributed by atoms with Gasteiger partial charge in [0.1, 0.15) is 12.2 Å². The fraction of sp³-hybridized carbons (Fsp3) is 0.529. The van der Waals surface area contributed by atoms with E-state index in [0.29, 0.717) is 5.75 Å². The van der Waals surface area contributed by atoms with Crippen LogP contribution in [-0.4, -0.2) is 39.4 Å². The third-order valence-electron chi connectivity index (χ3n) is 5.91. The number of phenols is 1. The number of phenolic OH excluding ortho intramolecular Hbond substituents is 1. The van der Waals surface area contributed by atoms with Crippen LogP contribution < -0.4 is 4.74 Å². The molecule has 1 fully saturated rings. The van der Waals surface area contributed by atoms with Crippen LogP contribution in [-0.2, 0) is 11.8 Å². The summed E-state index contributed by atoms with van der Waals surface area (Å²) >= 11 is 6.43. The van der Waals surface area contributed by atoms with Crippen LogP contribution in [0.2, 0.25) is 0 Å². The first-order chi connectivity index (χ1) is 10.5. The van der Waals surface area contributed by atoms with E-state index in [9.17, 15) is 10.2 Å². The van der Waals surface area contributed by atoms with Crippen LogP contribution in [0.15, 0.2) is 24.8 Å². The largest absolute Gasteiger partial charge is 0.504 e. The number of fused-ring (bicyclic) bond motifs is 1. The van der Waals surface area contributed by atoms with Gasteiger partial charge in [0.15, 0.2) is 11.5 Å². The smallest absolute Gasteiger partial charge is 0.165 e. The van der Waals surface area contributed by atoms with Crippen LogP contribution in [0.3, 0.4) is 0 Å². The zero-order chi connectivity index (χ0) is 15.6. The van der Waals surface area contributed by atoms with E-state index in [-0.39, 0.29) is 23.1 Å². The SMILES string of the molecule is C=CC(O)C1Oc2c(O)ccc3c2C12CCN(Cl)C(C3)C2C. The van der Waals surface area contributed by atoms with Gasteiger partial charge in [-0.1, -0.05) is 19.1 Å². The number of nitrogens with zero attached hydrogens (tertiary/aromatic N) is 1. The lowest BCUT2D eigenvalue weighted by molar-refractivity contribution is -0.0315. The maximum Gasteiger partial charge on any atom is 0.165 e. The number of aromatic hydroxyl groups is 1. The number of hydrogen-bond donors (Lipinski definition) is 2. The van der Waals surface area contributed by atoms with Crippen LogP contribution >= 0.6 is 11.8 Å². The van der Waals surface area contributed by atoms with Crippen molar-refractivity contribution in [3.8, 4) is 11.5 Å². The second-order valence-electron chi connectivity index (χ2n) is 6.69. The molecule has 118 valence electrons. The van der Waals surface area contributed by atoms with E-state index in [4.69, 9.17) is 16.5 Å². The standard InChI is InChI=1S/C17H20ClNO3/c1-3-12(20)16-17-6-7-19(18)11(9(17)2)8-10-4-5-13(21)15(22-16)14(10)17/h3-5,9,11-12,16,20-21H,1,6-8H2,2H3. The monoisotopic (exact) mass is 321 g/mol. The Morgan fingerprint density at radius 1 is 1.55 bits per heavy atom. The normalized spacial score (nSPS) is 37.3. The molecule has 0 saturated carbocycles. The maximum absolute atomic E-state index is 10.5. The van der Waals surface area contributed by atoms with Crippen LogP contribution in [0.25, 0.3) is 0 Å². The Labute approximate surface area is 135 Å². The lowest BCUT2D eigenvalue weighted by Gasteiger charge is -2.53. The van der Waals surface area contributed by atoms with Crippen molar-refractivity contribution in [3.63, 3.8) is 0 Å². The molecule has 4 rings (SSSR count). The Kier molecular flexibility index (Phi) is 3.03. The second-order valence-corrected chi connectivity index (χ2v) is 7.12. The molecular weight excluding hydrogens is 302 g/mol. The fourth-order valence-corrected chi connectivity index (χ4v) is 5.13. The van der Waals surface area contributed by atoms with Crippen molar-refractivity contribution in [2.75, 3.05) is 6.54 Å². The Bertz CT molecular complexity index is 649. The molecule has 1 aliphatic carbocycles. The molecular formula is C17H20ClNO3. The van der Waals surface area contributed by atoms with Crippen molar-refractivity contribution in [3.05, 3.63) is 35.9 Å². The molecule has 0 aromatic heterocycles. The van der Waals surface area contributed by atoms with Crippen LogP contribution in [0.4, 0.5) is 0 Å². The highest BCUT2D eigenvalue weighted by Gasteiger charge is 2.62. The summed E-state index contributed by atoms with van der Waals surface area (Å²) in [4.78, 5) is 0. The first-order valence-corrected chi connectivity index (χ1v) is 8.09. The van der Waals surface area contributed by atoms with Crippen molar-refractivity contribution >= 4 is 11.8 Å². The van der Waals surface area contributed by atoms with Gasteiger partial charge >= 0.3 is 0 Å². The Morgan fingerprint density at radius 3 is 3.05 bits per heavy atom. The second kappa shape index (κ2) is 4.63. The highest BCUT2D eigenvalue weighted by atomic mass is 35.5. The fourth-order valence-electron chi connectivity index (χ4n) is 4.81. The van der Waals surface area contributed by atoms with Gasteiger partial charge in [-0.05, 0) is 42.2 Å². The highest BCUT2D eigenvalue weighted by molar-refractivity contribution is 6.13. The van der Waals surface area contributed by atoms with Crippen molar-refractivity contribution in [2.24, 2.45) is 5.92 Å². The molecule has 4 nitrogen and oxygen atoms in total. The van der Waals surface area contributed by atoms with Crippen LogP contribution in [0, 0.1) is 5.92 Å². The van der Waals surface area contributed by atoms with Crippen molar-refractivity contribution < 1.29 is 14.9 Å². The van der Waals surface area contributed by atoms with Crippen molar-refractivity contribution in [1.29, 1.82) is 0 Å². The summed E-state index contributed by atoms with van der Waals surface area (Å²) in [6.45, 7) is 6.63. The summed E-state index contributed by atoms with van der Waals surface area (Å²) in [5, 5.41) is 20.7. The van der Waals surface area contributed by atoms with E-state index in [1.165, 1.54) is 11.6 Å². The number of halogens is 1. The summed E-state index contributed by atoms with van der Waals surface area (Å²) in [5.74, 6) is 0.918. The zero-order valence-corrected chi connectivity index (χ0v) is 13.3. The Hall–Kier alpha value is -1.23. The molecule has 2 bridgehead atoms. The van der Waals surface area contributed by atoms with E-state index < -0.39 is 12.2 Å². The number of aliphatic hydroxyl groups excluding tert-OH is 1. The molecule has 2 N–H and O–H groups in total. The van der Waals surface area contributed by atoms with Crippen LogP contribution in [0.5, 0.6) is 11.5 Å². The molecule has 3 aliphatic rings. The average molecular weight is 322 g/mol. The van der Waals surface area contributed by atoms with Gasteiger partial charge in [-0.15, -0.1) is 6.58 Å². The summed E-state index contributed by atoms with van der Waals surface area (Å²) in [5.41, 5.74) is 1.93. The zero-order valence-electron chi connectivity index (χ0n) is 12.5. The lowest BCUT2D eigenvalue weighted by atomic mass is 9.56. The molecule has 1 aromatic rings. The minimum absolute atomic E-state index is 0.149. The Morgan fingerprint density at radius 2 is 2.32 bits per heavy atom. The number of hydrogen-bond acceptors (Lipinski definition) is 4. The predicted octanol–water partition coefficient (Wildman–Crippen LogP) is 2.36. The summed E-state index contributed by atoms with van der Waals surface area (Å²) < 4.78 is 7.95. The van der Waals surface area contributed by atoms with Gasteiger partial charge in [-0.25, -0.2) is 4.42 Å². The molecule has 5 unspecified atom stereocenters. The average Bonchev–Trinajstić information content (AvgIpc) is 2.86. The van der Waals surface area contributed by atoms with Crippen molar-refractivity contribution in [1.82, 2.24) is 4.42 Å². The number of rotatable bonds is 2. The first kappa shape index (κ1) is 14.4. The minimum atomic E-state index is -0.775. The van der Waals surface area contributed by atoms with Crippen LogP contribution in [0.1, 0.15) is 24.5 Å². The predicted molar refractivity (Wildman–Crippen MR) is 84.2 cm³/mol. The first-order valence-electron chi connectivity index (χ1n) is 7.75. The summed E-state index contributed by atoms with van der Waals surface area (Å²) in [7, 11) is 0. The molecule has 22 heavy (non-hydrogen) atoms. The molecule has 2 heterocycles. The highest BCUT2D eigenvalue weighted by Crippen LogP contribution is 2.60. The molecule has 1 spiro atoms. The molecule has 0 amide bonds. The van der Waals surface area contributed by atoms with Gasteiger partial charge in [0.25, 0.3) is 0 Å². The molecule has 1 aromatic carbocycles. The molecule has 5 atom stereocenters. The number of benzene rings is 1. The number of ether oxygens (including phenoxy) is 1. The van der Waals surface area contributed by atoms with Gasteiger partial charge < -0.3 is 14.9 Å². The third kappa shape index (κ3) is 1.55. The van der Waals surface area contributed by atoms with E-state index in [1.807, 2.05) is 10.5 Å². The maximum atomic E-state index is 10.5. The van der Waals surface area contributed by atoms with Gasteiger partial charge in [-0.2, -0.15) is 0 Å². The van der Waals surface area contributed by atoms with Crippen molar-refractivity contribution in [2.45, 2.75) is 43.4 Å². The van der Waals surface area contributed by atoms with Gasteiger partial charge in [0, 0.05) is 23.6 Å². The molecule has 5 heteroatoms. The van der Waals surface area contributed by atoms with Gasteiger partial charge in [-0.3, -0.25) is 0 Å². The number of aliphatic hydroxyl groups is 1. The number of piperidine rings is 1. The molecule has 1 saturated heterocycles. The summed E-state index contributed by atoms with van der Waals surface area (Å²) in [6, 6.07) is 3.85. The molecule has 2 aliphatic heterocycles. The third-order valence-corrected chi connectivity index (χ3v) is 6.33. The van der Waals surface area contributed by atoms with E-state index in [0.717, 1.165) is 24.9 Å². The van der Waals surface area contributed by atoms with Gasteiger partial charge in [0.2, 0.25) is 0 Å². The quantitative estimate of drug-likeness (QED) is 0.648. The van der Waals surface area contributed by atoms with E-state index >= 15 is 0 Å². The topological polar surface area (TPSA) is 52.9 Å². The van der Waals surface area contributed by atoms with Gasteiger partial charge in [0.05, 0.1) is 0 Å². The Balaban J connectivity index is 1.97. The van der Waals surface area contributed by atoms with E-state index in [2.05, 4.69) is 13.5 Å². The minimum Gasteiger partial charge on any atom is -0.504 e. The lowest BCUT2D eigenvalue weighted by Crippen LogP contribution is -2.62.